The molecule has 0 aliphatic rings. The minimum Gasteiger partial charge on any atom is -0.377 e. The lowest BCUT2D eigenvalue weighted by molar-refractivity contribution is 0.846. The highest BCUT2D eigenvalue weighted by Gasteiger charge is 2.08. The molecule has 1 heterocycles. The quantitative estimate of drug-likeness (QED) is 0.799. The van der Waals surface area contributed by atoms with Crippen LogP contribution in [0.5, 0.6) is 0 Å². The molecule has 0 aliphatic heterocycles. The fourth-order valence-electron chi connectivity index (χ4n) is 1.95. The largest absolute Gasteiger partial charge is 0.377 e. The Balaban J connectivity index is 2.21. The number of nitrogens with one attached hydrogen (secondary N) is 2. The molecular weight excluding hydrogens is 196 g/mol. The van der Waals surface area contributed by atoms with Crippen LogP contribution in [0, 0.1) is 13.8 Å². The van der Waals surface area contributed by atoms with E-state index in [9.17, 15) is 0 Å². The zero-order chi connectivity index (χ0) is 11.5. The van der Waals surface area contributed by atoms with Crippen LogP contribution < -0.4 is 5.32 Å². The van der Waals surface area contributed by atoms with E-state index in [1.54, 1.807) is 0 Å². The van der Waals surface area contributed by atoms with E-state index < -0.39 is 0 Å². The molecular formula is C14H18N2. The van der Waals surface area contributed by atoms with Crippen molar-refractivity contribution < 1.29 is 0 Å². The number of benzene rings is 1. The predicted octanol–water partition coefficient (Wildman–Crippen LogP) is 3.80. The van der Waals surface area contributed by atoms with Crippen molar-refractivity contribution in [3.63, 3.8) is 0 Å². The molecule has 0 saturated carbocycles. The Morgan fingerprint density at radius 2 is 1.75 bits per heavy atom. The number of aryl methyl sites for hydroxylation is 2. The van der Waals surface area contributed by atoms with Crippen LogP contribution in [0.3, 0.4) is 0 Å². The minimum absolute atomic E-state index is 0.301. The Bertz CT molecular complexity index is 437. The van der Waals surface area contributed by atoms with Crippen LogP contribution in [0.1, 0.15) is 29.8 Å². The molecule has 2 nitrogen and oxygen atoms in total. The van der Waals surface area contributed by atoms with Gasteiger partial charge in [0, 0.05) is 17.6 Å². The van der Waals surface area contributed by atoms with Crippen LogP contribution in [0.15, 0.2) is 36.5 Å². The predicted molar refractivity (Wildman–Crippen MR) is 68.7 cm³/mol. The van der Waals surface area contributed by atoms with Gasteiger partial charge in [-0.15, -0.1) is 0 Å². The third-order valence-electron chi connectivity index (χ3n) is 2.93. The molecule has 84 valence electrons. The van der Waals surface area contributed by atoms with Crippen LogP contribution in [0.2, 0.25) is 0 Å². The average molecular weight is 214 g/mol. The number of rotatable bonds is 3. The molecule has 0 aliphatic carbocycles. The number of hydrogen-bond donors (Lipinski definition) is 2. The highest BCUT2D eigenvalue weighted by atomic mass is 14.9. The Morgan fingerprint density at radius 3 is 2.31 bits per heavy atom. The van der Waals surface area contributed by atoms with E-state index in [0.717, 1.165) is 0 Å². The zero-order valence-electron chi connectivity index (χ0n) is 10.0. The summed E-state index contributed by atoms with van der Waals surface area (Å²) in [5.41, 5.74) is 5.03. The number of anilines is 1. The first-order valence-corrected chi connectivity index (χ1v) is 5.64. The number of aromatic nitrogens is 1. The molecule has 0 fully saturated rings. The lowest BCUT2D eigenvalue weighted by atomic mass is 10.1. The first-order chi connectivity index (χ1) is 7.68. The monoisotopic (exact) mass is 214 g/mol. The molecule has 0 spiro atoms. The zero-order valence-corrected chi connectivity index (χ0v) is 10.0. The molecule has 1 aromatic heterocycles. The standard InChI is InChI=1S/C14H18N2/c1-10-6-4-7-11(2)14(10)16-12(3)13-8-5-9-15-13/h4-9,12,15-16H,1-3H3/t12-/m0/s1. The Labute approximate surface area is 96.7 Å². The number of H-pyrrole nitrogens is 1. The average Bonchev–Trinajstić information content (AvgIpc) is 2.76. The first-order valence-electron chi connectivity index (χ1n) is 5.64. The van der Waals surface area contributed by atoms with E-state index in [1.165, 1.54) is 22.5 Å². The summed E-state index contributed by atoms with van der Waals surface area (Å²) in [6, 6.07) is 10.8. The van der Waals surface area contributed by atoms with Crippen LogP contribution in [-0.4, -0.2) is 4.98 Å². The summed E-state index contributed by atoms with van der Waals surface area (Å²) in [5, 5.41) is 3.55. The SMILES string of the molecule is Cc1cccc(C)c1N[C@@H](C)c1ccc[nH]1. The van der Waals surface area contributed by atoms with Crippen LogP contribution >= 0.6 is 0 Å². The lowest BCUT2D eigenvalue weighted by Gasteiger charge is -2.18. The van der Waals surface area contributed by atoms with E-state index in [-0.39, 0.29) is 0 Å². The van der Waals surface area contributed by atoms with Gasteiger partial charge in [0.05, 0.1) is 6.04 Å². The molecule has 0 bridgehead atoms. The van der Waals surface area contributed by atoms with Gasteiger partial charge in [-0.3, -0.25) is 0 Å². The molecule has 2 N–H and O–H groups in total. The smallest absolute Gasteiger partial charge is 0.0635 e. The van der Waals surface area contributed by atoms with Gasteiger partial charge in [0.15, 0.2) is 0 Å². The van der Waals surface area contributed by atoms with Gasteiger partial charge in [-0.2, -0.15) is 0 Å². The molecule has 2 aromatic rings. The second kappa shape index (κ2) is 4.44. The number of aromatic amines is 1. The van der Waals surface area contributed by atoms with Crippen molar-refractivity contribution >= 4 is 5.69 Å². The van der Waals surface area contributed by atoms with Gasteiger partial charge in [0.1, 0.15) is 0 Å². The molecule has 0 saturated heterocycles. The highest BCUT2D eigenvalue weighted by molar-refractivity contribution is 5.57. The summed E-state index contributed by atoms with van der Waals surface area (Å²) in [6.45, 7) is 6.44. The summed E-state index contributed by atoms with van der Waals surface area (Å²) < 4.78 is 0. The topological polar surface area (TPSA) is 27.8 Å². The van der Waals surface area contributed by atoms with E-state index in [2.05, 4.69) is 55.3 Å². The maximum Gasteiger partial charge on any atom is 0.0635 e. The molecule has 2 rings (SSSR count). The van der Waals surface area contributed by atoms with Crippen LogP contribution in [0.4, 0.5) is 5.69 Å². The van der Waals surface area contributed by atoms with Gasteiger partial charge in [-0.1, -0.05) is 18.2 Å². The molecule has 0 unspecified atom stereocenters. The lowest BCUT2D eigenvalue weighted by Crippen LogP contribution is -2.09. The summed E-state index contributed by atoms with van der Waals surface area (Å²) in [4.78, 5) is 3.23. The fourth-order valence-corrected chi connectivity index (χ4v) is 1.95. The fraction of sp³-hybridized carbons (Fsp3) is 0.286. The molecule has 2 heteroatoms. The third-order valence-corrected chi connectivity index (χ3v) is 2.93. The molecule has 0 radical (unpaired) electrons. The second-order valence-corrected chi connectivity index (χ2v) is 4.26. The normalized spacial score (nSPS) is 12.4. The minimum atomic E-state index is 0.301. The third kappa shape index (κ3) is 2.11. The highest BCUT2D eigenvalue weighted by Crippen LogP contribution is 2.24. The Morgan fingerprint density at radius 1 is 1.06 bits per heavy atom. The van der Waals surface area contributed by atoms with E-state index in [0.29, 0.717) is 6.04 Å². The van der Waals surface area contributed by atoms with Crippen molar-refractivity contribution in [3.8, 4) is 0 Å². The van der Waals surface area contributed by atoms with Gasteiger partial charge in [0.2, 0.25) is 0 Å². The summed E-state index contributed by atoms with van der Waals surface area (Å²) in [5.74, 6) is 0. The van der Waals surface area contributed by atoms with Gasteiger partial charge >= 0.3 is 0 Å². The molecule has 0 amide bonds. The van der Waals surface area contributed by atoms with E-state index in [4.69, 9.17) is 0 Å². The van der Waals surface area contributed by atoms with Gasteiger partial charge < -0.3 is 10.3 Å². The summed E-state index contributed by atoms with van der Waals surface area (Å²) in [7, 11) is 0. The molecule has 1 atom stereocenters. The summed E-state index contributed by atoms with van der Waals surface area (Å²) >= 11 is 0. The molecule has 16 heavy (non-hydrogen) atoms. The maximum absolute atomic E-state index is 3.55. The van der Waals surface area contributed by atoms with Crippen molar-refractivity contribution in [1.29, 1.82) is 0 Å². The van der Waals surface area contributed by atoms with Crippen molar-refractivity contribution in [2.24, 2.45) is 0 Å². The number of para-hydroxylation sites is 1. The van der Waals surface area contributed by atoms with Crippen molar-refractivity contribution in [3.05, 3.63) is 53.3 Å². The van der Waals surface area contributed by atoms with Crippen LogP contribution in [-0.2, 0) is 0 Å². The first kappa shape index (κ1) is 10.8. The van der Waals surface area contributed by atoms with Crippen molar-refractivity contribution in [1.82, 2.24) is 4.98 Å². The van der Waals surface area contributed by atoms with Crippen molar-refractivity contribution in [2.45, 2.75) is 26.8 Å². The van der Waals surface area contributed by atoms with Gasteiger partial charge in [-0.25, -0.2) is 0 Å². The van der Waals surface area contributed by atoms with Gasteiger partial charge in [-0.05, 0) is 44.0 Å². The van der Waals surface area contributed by atoms with Crippen LogP contribution in [0.25, 0.3) is 0 Å². The van der Waals surface area contributed by atoms with Gasteiger partial charge in [0.25, 0.3) is 0 Å². The van der Waals surface area contributed by atoms with Crippen molar-refractivity contribution in [2.75, 3.05) is 5.32 Å². The molecule has 1 aromatic carbocycles. The number of hydrogen-bond acceptors (Lipinski definition) is 1. The Kier molecular flexibility index (Phi) is 3.00. The van der Waals surface area contributed by atoms with E-state index >= 15 is 0 Å². The Hall–Kier alpha value is -1.70. The summed E-state index contributed by atoms with van der Waals surface area (Å²) in [6.07, 6.45) is 1.96. The second-order valence-electron chi connectivity index (χ2n) is 4.26. The van der Waals surface area contributed by atoms with E-state index in [1.807, 2.05) is 12.3 Å². The maximum atomic E-state index is 3.55.